The van der Waals surface area contributed by atoms with Gasteiger partial charge in [0.05, 0.1) is 38.6 Å². The lowest BCUT2D eigenvalue weighted by Crippen LogP contribution is -2.34. The molecule has 0 spiro atoms. The van der Waals surface area contributed by atoms with Crippen LogP contribution in [0.4, 0.5) is 21.5 Å². The Morgan fingerprint density at radius 1 is 1.05 bits per heavy atom. The molecule has 2 aliphatic rings. The summed E-state index contributed by atoms with van der Waals surface area (Å²) in [6.07, 6.45) is 3.32. The van der Waals surface area contributed by atoms with Gasteiger partial charge in [0.25, 0.3) is 0 Å². The predicted octanol–water partition coefficient (Wildman–Crippen LogP) is 5.51. The Morgan fingerprint density at radius 3 is 2.71 bits per heavy atom. The van der Waals surface area contributed by atoms with E-state index in [9.17, 15) is 9.65 Å². The van der Waals surface area contributed by atoms with Crippen molar-refractivity contribution >= 4 is 51.2 Å². The summed E-state index contributed by atoms with van der Waals surface area (Å²) in [5.41, 5.74) is 16.1. The molecular weight excluding hydrogens is 526 g/mol. The summed E-state index contributed by atoms with van der Waals surface area (Å²) in [7, 11) is 0. The maximum Gasteiger partial charge on any atom is 0.141 e. The van der Waals surface area contributed by atoms with Crippen molar-refractivity contribution < 1.29 is 4.39 Å². The van der Waals surface area contributed by atoms with E-state index >= 15 is 0 Å². The van der Waals surface area contributed by atoms with E-state index in [4.69, 9.17) is 23.2 Å². The molecule has 6 rings (SSSR count). The van der Waals surface area contributed by atoms with Crippen molar-refractivity contribution in [3.63, 3.8) is 0 Å². The van der Waals surface area contributed by atoms with Gasteiger partial charge in [0, 0.05) is 42.2 Å². The molecule has 4 aromatic rings. The number of nitrogens with zero attached hydrogens (tertiary/aromatic N) is 2. The molecule has 38 heavy (non-hydrogen) atoms. The van der Waals surface area contributed by atoms with Crippen molar-refractivity contribution in [3.05, 3.63) is 105 Å². The van der Waals surface area contributed by atoms with Gasteiger partial charge in [0.15, 0.2) is 0 Å². The first kappa shape index (κ1) is 24.3. The number of hydrogen-bond acceptors (Lipinski definition) is 8. The number of nitrogens with one attached hydrogen (secondary N) is 6. The Balaban J connectivity index is 1.45. The molecule has 0 unspecified atom stereocenters. The molecule has 0 aliphatic carbocycles. The molecule has 3 aromatic carbocycles. The summed E-state index contributed by atoms with van der Waals surface area (Å²) in [6.45, 7) is 1.60. The highest BCUT2D eigenvalue weighted by atomic mass is 35.5. The Hall–Kier alpha value is -4.07. The second kappa shape index (κ2) is 10.0. The van der Waals surface area contributed by atoms with Gasteiger partial charge in [0.1, 0.15) is 11.9 Å². The molecule has 0 amide bonds. The fourth-order valence-electron chi connectivity index (χ4n) is 4.81. The van der Waals surface area contributed by atoms with Crippen LogP contribution in [0.3, 0.4) is 0 Å². The van der Waals surface area contributed by atoms with Crippen molar-refractivity contribution in [2.24, 2.45) is 0 Å². The number of halogens is 3. The predicted molar refractivity (Wildman–Crippen MR) is 147 cm³/mol. The second-order valence-electron chi connectivity index (χ2n) is 8.93. The van der Waals surface area contributed by atoms with Crippen LogP contribution >= 0.6 is 23.2 Å². The maximum absolute atomic E-state index is 13.7. The number of pyridine rings is 1. The van der Waals surface area contributed by atoms with Gasteiger partial charge in [-0.15, -0.1) is 0 Å². The highest BCUT2D eigenvalue weighted by molar-refractivity contribution is 6.36. The lowest BCUT2D eigenvalue weighted by atomic mass is 9.95. The quantitative estimate of drug-likeness (QED) is 0.188. The van der Waals surface area contributed by atoms with Crippen LogP contribution < -0.4 is 32.3 Å². The number of anilines is 3. The van der Waals surface area contributed by atoms with Crippen LogP contribution in [0.15, 0.2) is 66.6 Å². The molecule has 2 aliphatic heterocycles. The molecule has 0 bridgehead atoms. The topological polar surface area (TPSA) is 109 Å². The van der Waals surface area contributed by atoms with Gasteiger partial charge in [-0.2, -0.15) is 10.8 Å². The Bertz CT molecular complexity index is 1650. The van der Waals surface area contributed by atoms with E-state index in [1.54, 1.807) is 6.07 Å². The van der Waals surface area contributed by atoms with Crippen molar-refractivity contribution in [3.8, 4) is 6.07 Å². The zero-order valence-corrected chi connectivity index (χ0v) is 21.3. The van der Waals surface area contributed by atoms with Gasteiger partial charge in [-0.25, -0.2) is 4.39 Å². The summed E-state index contributed by atoms with van der Waals surface area (Å²) in [6, 6.07) is 16.2. The highest BCUT2D eigenvalue weighted by Gasteiger charge is 2.25. The first-order valence-electron chi connectivity index (χ1n) is 11.8. The Morgan fingerprint density at radius 2 is 1.92 bits per heavy atom. The third kappa shape index (κ3) is 4.44. The van der Waals surface area contributed by atoms with Crippen molar-refractivity contribution in [1.29, 1.82) is 5.26 Å². The van der Waals surface area contributed by atoms with Crippen LogP contribution in [-0.2, 0) is 13.1 Å². The van der Waals surface area contributed by atoms with Gasteiger partial charge in [-0.1, -0.05) is 41.4 Å². The standard InChI is InChI=1S/C27H21Cl2FN8/c28-21-7-16(4-5-23(21)30)35-25-15(9-31)11-33-26-19(25)6-17(8-22(26)29)36-27(24-13-34-38-37-24)18-3-1-2-14-10-32-12-20(14)18/h1-8,11,13,27,32,34,36-38H,10,12H2,(H,33,35)/t27-/m0/s1. The largest absolute Gasteiger partial charge is 0.373 e. The van der Waals surface area contributed by atoms with Crippen LogP contribution in [0.25, 0.3) is 10.9 Å². The van der Waals surface area contributed by atoms with Crippen LogP contribution in [-0.4, -0.2) is 4.98 Å². The molecule has 1 atom stereocenters. The molecular formula is C27H21Cl2FN8. The zero-order valence-electron chi connectivity index (χ0n) is 19.8. The van der Waals surface area contributed by atoms with E-state index in [0.717, 1.165) is 30.0 Å². The monoisotopic (exact) mass is 546 g/mol. The van der Waals surface area contributed by atoms with Crippen LogP contribution in [0, 0.1) is 17.1 Å². The summed E-state index contributed by atoms with van der Waals surface area (Å²) >= 11 is 12.7. The first-order valence-corrected chi connectivity index (χ1v) is 12.6. The van der Waals surface area contributed by atoms with E-state index in [1.165, 1.54) is 29.5 Å². The fraction of sp³-hybridized carbons (Fsp3) is 0.111. The fourth-order valence-corrected chi connectivity index (χ4v) is 5.26. The zero-order chi connectivity index (χ0) is 26.2. The molecule has 0 radical (unpaired) electrons. The lowest BCUT2D eigenvalue weighted by Gasteiger charge is -2.24. The molecule has 8 nitrogen and oxygen atoms in total. The number of aromatic nitrogens is 1. The van der Waals surface area contributed by atoms with Gasteiger partial charge in [-0.05, 0) is 47.0 Å². The third-order valence-corrected chi connectivity index (χ3v) is 7.18. The SMILES string of the molecule is N#Cc1cnc2c(Cl)cc(N[C@H](C3=CNNN3)c3cccc4c3CNC4)cc2c1Nc1ccc(F)c(Cl)c1. The number of nitriles is 1. The maximum atomic E-state index is 13.7. The number of benzene rings is 3. The summed E-state index contributed by atoms with van der Waals surface area (Å²) in [4.78, 5) is 4.43. The lowest BCUT2D eigenvalue weighted by molar-refractivity contribution is 0.582. The molecule has 0 saturated heterocycles. The van der Waals surface area contributed by atoms with Gasteiger partial charge in [-0.3, -0.25) is 4.98 Å². The third-order valence-electron chi connectivity index (χ3n) is 6.60. The normalized spacial score (nSPS) is 14.7. The molecule has 190 valence electrons. The summed E-state index contributed by atoms with van der Waals surface area (Å²) in [5.74, 6) is -0.528. The molecule has 1 aromatic heterocycles. The van der Waals surface area contributed by atoms with Crippen LogP contribution in [0.5, 0.6) is 0 Å². The average molecular weight is 547 g/mol. The minimum Gasteiger partial charge on any atom is -0.373 e. The van der Waals surface area contributed by atoms with E-state index in [2.05, 4.69) is 61.6 Å². The van der Waals surface area contributed by atoms with Crippen molar-refractivity contribution in [2.45, 2.75) is 19.1 Å². The minimum absolute atomic E-state index is 0.0282. The van der Waals surface area contributed by atoms with E-state index in [1.807, 2.05) is 18.3 Å². The molecule has 6 N–H and O–H groups in total. The Kier molecular flexibility index (Phi) is 6.39. The van der Waals surface area contributed by atoms with E-state index < -0.39 is 5.82 Å². The Labute approximate surface area is 227 Å². The first-order chi connectivity index (χ1) is 18.5. The van der Waals surface area contributed by atoms with Crippen molar-refractivity contribution in [1.82, 2.24) is 26.7 Å². The van der Waals surface area contributed by atoms with Gasteiger partial charge in [0.2, 0.25) is 0 Å². The average Bonchev–Trinajstić information content (AvgIpc) is 3.62. The van der Waals surface area contributed by atoms with Crippen LogP contribution in [0.2, 0.25) is 10.0 Å². The van der Waals surface area contributed by atoms with Gasteiger partial charge >= 0.3 is 0 Å². The number of rotatable bonds is 6. The van der Waals surface area contributed by atoms with Crippen molar-refractivity contribution in [2.75, 3.05) is 10.6 Å². The highest BCUT2D eigenvalue weighted by Crippen LogP contribution is 2.38. The molecule has 3 heterocycles. The number of fused-ring (bicyclic) bond motifs is 2. The number of hydrazine groups is 2. The summed E-state index contributed by atoms with van der Waals surface area (Å²) in [5, 5.41) is 21.1. The molecule has 0 fully saturated rings. The number of hydrogen-bond donors (Lipinski definition) is 6. The van der Waals surface area contributed by atoms with Gasteiger partial charge < -0.3 is 26.8 Å². The molecule has 11 heteroatoms. The van der Waals surface area contributed by atoms with E-state index in [-0.39, 0.29) is 11.1 Å². The summed E-state index contributed by atoms with van der Waals surface area (Å²) < 4.78 is 13.7. The van der Waals surface area contributed by atoms with Crippen LogP contribution in [0.1, 0.15) is 28.3 Å². The minimum atomic E-state index is -0.528. The smallest absolute Gasteiger partial charge is 0.141 e. The van der Waals surface area contributed by atoms with E-state index in [0.29, 0.717) is 32.9 Å². The molecule has 0 saturated carbocycles. The second-order valence-corrected chi connectivity index (χ2v) is 9.74.